The lowest BCUT2D eigenvalue weighted by Crippen LogP contribution is -2.29. The fourth-order valence-electron chi connectivity index (χ4n) is 1.06. The average molecular weight is 145 g/mol. The van der Waals surface area contributed by atoms with Gasteiger partial charge in [0.25, 0.3) is 0 Å². The molecule has 0 aromatic heterocycles. The molecule has 1 atom stereocenters. The van der Waals surface area contributed by atoms with Gasteiger partial charge in [-0.3, -0.25) is 4.79 Å². The summed E-state index contributed by atoms with van der Waals surface area (Å²) in [5.41, 5.74) is 0. The second kappa shape index (κ2) is 2.60. The van der Waals surface area contributed by atoms with E-state index < -0.39 is 0 Å². The predicted molar refractivity (Wildman–Crippen MR) is 39.4 cm³/mol. The summed E-state index contributed by atoms with van der Waals surface area (Å²) in [4.78, 5) is 12.7. The van der Waals surface area contributed by atoms with E-state index in [4.69, 9.17) is 0 Å². The number of hydrogen-bond acceptors (Lipinski definition) is 2. The minimum atomic E-state index is 0.0972. The zero-order valence-electron chi connectivity index (χ0n) is 5.50. The molecule has 1 rings (SSSR count). The van der Waals surface area contributed by atoms with Gasteiger partial charge in [0.15, 0.2) is 0 Å². The van der Waals surface area contributed by atoms with Gasteiger partial charge < -0.3 is 4.90 Å². The van der Waals surface area contributed by atoms with Crippen LogP contribution in [0.15, 0.2) is 0 Å². The van der Waals surface area contributed by atoms with Crippen LogP contribution in [-0.4, -0.2) is 22.7 Å². The van der Waals surface area contributed by atoms with Crippen LogP contribution in [-0.2, 0) is 4.79 Å². The van der Waals surface area contributed by atoms with Crippen molar-refractivity contribution in [3.63, 3.8) is 0 Å². The van der Waals surface area contributed by atoms with E-state index in [1.807, 2.05) is 6.92 Å². The highest BCUT2D eigenvalue weighted by molar-refractivity contribution is 7.80. The van der Waals surface area contributed by atoms with E-state index in [1.165, 1.54) is 0 Å². The molecule has 1 heterocycles. The Kier molecular flexibility index (Phi) is 2.01. The van der Waals surface area contributed by atoms with Crippen molar-refractivity contribution < 1.29 is 4.79 Å². The van der Waals surface area contributed by atoms with Crippen molar-refractivity contribution in [1.82, 2.24) is 4.90 Å². The molecule has 0 saturated carbocycles. The van der Waals surface area contributed by atoms with Gasteiger partial charge in [0, 0.05) is 13.0 Å². The quantitative estimate of drug-likeness (QED) is 0.543. The maximum absolute atomic E-state index is 10.9. The van der Waals surface area contributed by atoms with Crippen molar-refractivity contribution in [2.75, 3.05) is 6.54 Å². The molecule has 3 heteroatoms. The zero-order valence-corrected chi connectivity index (χ0v) is 6.40. The molecule has 9 heavy (non-hydrogen) atoms. The highest BCUT2D eigenvalue weighted by Crippen LogP contribution is 2.14. The van der Waals surface area contributed by atoms with Crippen LogP contribution in [0, 0.1) is 0 Å². The zero-order chi connectivity index (χ0) is 6.85. The number of nitrogens with zero attached hydrogens (tertiary/aromatic N) is 1. The summed E-state index contributed by atoms with van der Waals surface area (Å²) in [7, 11) is 0. The molecular formula is C6H11NOS. The van der Waals surface area contributed by atoms with E-state index in [0.717, 1.165) is 13.0 Å². The Balaban J connectivity index is 2.49. The monoisotopic (exact) mass is 145 g/mol. The largest absolute Gasteiger partial charge is 0.331 e. The number of carbonyl (C=O) groups excluding carboxylic acids is 1. The van der Waals surface area contributed by atoms with E-state index in [-0.39, 0.29) is 11.3 Å². The molecule has 1 fully saturated rings. The number of likely N-dealkylation sites (tertiary alicyclic amines) is 1. The summed E-state index contributed by atoms with van der Waals surface area (Å²) >= 11 is 4.16. The molecule has 0 aromatic carbocycles. The van der Waals surface area contributed by atoms with E-state index >= 15 is 0 Å². The van der Waals surface area contributed by atoms with Crippen LogP contribution in [0.3, 0.4) is 0 Å². The van der Waals surface area contributed by atoms with Gasteiger partial charge in [0.05, 0.1) is 5.37 Å². The molecule has 0 aromatic rings. The van der Waals surface area contributed by atoms with Crippen LogP contribution < -0.4 is 0 Å². The molecule has 1 aliphatic heterocycles. The van der Waals surface area contributed by atoms with Crippen LogP contribution >= 0.6 is 12.6 Å². The van der Waals surface area contributed by atoms with Gasteiger partial charge in [-0.1, -0.05) is 0 Å². The maximum Gasteiger partial charge on any atom is 0.223 e. The second-order valence-electron chi connectivity index (χ2n) is 2.32. The molecule has 1 aliphatic rings. The fourth-order valence-corrected chi connectivity index (χ4v) is 1.31. The minimum absolute atomic E-state index is 0.0972. The Morgan fingerprint density at radius 1 is 1.78 bits per heavy atom. The third kappa shape index (κ3) is 1.39. The average Bonchev–Trinajstić information content (AvgIpc) is 2.13. The lowest BCUT2D eigenvalue weighted by atomic mass is 10.4. The highest BCUT2D eigenvalue weighted by Gasteiger charge is 2.22. The molecular weight excluding hydrogens is 134 g/mol. The van der Waals surface area contributed by atoms with Crippen molar-refractivity contribution >= 4 is 18.5 Å². The minimum Gasteiger partial charge on any atom is -0.331 e. The Morgan fingerprint density at radius 3 is 2.67 bits per heavy atom. The molecule has 0 aliphatic carbocycles. The third-order valence-corrected chi connectivity index (χ3v) is 1.84. The smallest absolute Gasteiger partial charge is 0.223 e. The molecule has 1 amide bonds. The normalized spacial score (nSPS) is 22.9. The van der Waals surface area contributed by atoms with Crippen LogP contribution in [0.5, 0.6) is 0 Å². The van der Waals surface area contributed by atoms with Gasteiger partial charge in [-0.15, -0.1) is 0 Å². The number of thiol groups is 1. The van der Waals surface area contributed by atoms with Gasteiger partial charge in [-0.05, 0) is 13.3 Å². The number of rotatable bonds is 1. The SMILES string of the molecule is C[C@H](S)N1CCCC1=O. The van der Waals surface area contributed by atoms with E-state index in [1.54, 1.807) is 4.90 Å². The second-order valence-corrected chi connectivity index (χ2v) is 3.07. The summed E-state index contributed by atoms with van der Waals surface area (Å²) in [5, 5.41) is 0.0972. The Bertz CT molecular complexity index is 124. The van der Waals surface area contributed by atoms with Crippen molar-refractivity contribution in [2.24, 2.45) is 0 Å². The summed E-state index contributed by atoms with van der Waals surface area (Å²) in [6, 6.07) is 0. The first-order chi connectivity index (χ1) is 4.22. The van der Waals surface area contributed by atoms with Gasteiger partial charge in [0.1, 0.15) is 0 Å². The third-order valence-electron chi connectivity index (χ3n) is 1.56. The van der Waals surface area contributed by atoms with E-state index in [2.05, 4.69) is 12.6 Å². The van der Waals surface area contributed by atoms with E-state index in [0.29, 0.717) is 6.42 Å². The van der Waals surface area contributed by atoms with Crippen molar-refractivity contribution in [3.8, 4) is 0 Å². The van der Waals surface area contributed by atoms with Crippen LogP contribution in [0.25, 0.3) is 0 Å². The molecule has 0 spiro atoms. The standard InChI is InChI=1S/C6H11NOS/c1-5(9)7-4-2-3-6(7)8/h5,9H,2-4H2,1H3/t5-/m0/s1. The first kappa shape index (κ1) is 6.93. The van der Waals surface area contributed by atoms with Crippen molar-refractivity contribution in [1.29, 1.82) is 0 Å². The molecule has 52 valence electrons. The molecule has 0 bridgehead atoms. The summed E-state index contributed by atoms with van der Waals surface area (Å²) in [6.07, 6.45) is 1.72. The first-order valence-corrected chi connectivity index (χ1v) is 3.71. The summed E-state index contributed by atoms with van der Waals surface area (Å²) in [6.45, 7) is 2.82. The van der Waals surface area contributed by atoms with Gasteiger partial charge in [0.2, 0.25) is 5.91 Å². The maximum atomic E-state index is 10.9. The Labute approximate surface area is 60.6 Å². The lowest BCUT2D eigenvalue weighted by Gasteiger charge is -2.18. The van der Waals surface area contributed by atoms with Crippen LogP contribution in [0.2, 0.25) is 0 Å². The van der Waals surface area contributed by atoms with Gasteiger partial charge >= 0.3 is 0 Å². The molecule has 0 N–H and O–H groups in total. The summed E-state index contributed by atoms with van der Waals surface area (Å²) in [5.74, 6) is 0.248. The van der Waals surface area contributed by atoms with Gasteiger partial charge in [-0.25, -0.2) is 0 Å². The highest BCUT2D eigenvalue weighted by atomic mass is 32.1. The fraction of sp³-hybridized carbons (Fsp3) is 0.833. The molecule has 0 radical (unpaired) electrons. The first-order valence-electron chi connectivity index (χ1n) is 3.19. The number of amides is 1. The predicted octanol–water partition coefficient (Wildman–Crippen LogP) is 0.885. The van der Waals surface area contributed by atoms with E-state index in [9.17, 15) is 4.79 Å². The molecule has 1 saturated heterocycles. The number of carbonyl (C=O) groups is 1. The molecule has 0 unspecified atom stereocenters. The molecule has 2 nitrogen and oxygen atoms in total. The Hall–Kier alpha value is -0.180. The lowest BCUT2D eigenvalue weighted by molar-refractivity contribution is -0.127. The summed E-state index contributed by atoms with van der Waals surface area (Å²) < 4.78 is 0. The topological polar surface area (TPSA) is 20.3 Å². The van der Waals surface area contributed by atoms with Crippen LogP contribution in [0.1, 0.15) is 19.8 Å². The van der Waals surface area contributed by atoms with Crippen molar-refractivity contribution in [3.05, 3.63) is 0 Å². The number of hydrogen-bond donors (Lipinski definition) is 1. The van der Waals surface area contributed by atoms with Crippen LogP contribution in [0.4, 0.5) is 0 Å². The van der Waals surface area contributed by atoms with Crippen molar-refractivity contribution in [2.45, 2.75) is 25.1 Å². The Morgan fingerprint density at radius 2 is 2.44 bits per heavy atom. The van der Waals surface area contributed by atoms with Gasteiger partial charge in [-0.2, -0.15) is 12.6 Å².